The van der Waals surface area contributed by atoms with Crippen LogP contribution in [0.2, 0.25) is 0 Å². The average Bonchev–Trinajstić information content (AvgIpc) is 2.36. The van der Waals surface area contributed by atoms with Gasteiger partial charge in [0.15, 0.2) is 0 Å². The Kier molecular flexibility index (Phi) is 2.63. The summed E-state index contributed by atoms with van der Waals surface area (Å²) in [5.41, 5.74) is 1.83. The van der Waals surface area contributed by atoms with Gasteiger partial charge in [0.1, 0.15) is 0 Å². The first-order valence-corrected chi connectivity index (χ1v) is 7.67. The van der Waals surface area contributed by atoms with E-state index in [1.54, 1.807) is 12.4 Å². The van der Waals surface area contributed by atoms with Crippen LogP contribution in [-0.2, 0) is 16.6 Å². The number of carboxylic acid groups (broad SMARTS) is 1. The van der Waals surface area contributed by atoms with Crippen LogP contribution in [-0.4, -0.2) is 21.0 Å². The summed E-state index contributed by atoms with van der Waals surface area (Å²) in [5, 5.41) is 9.11. The molecule has 106 valence electrons. The summed E-state index contributed by atoms with van der Waals surface area (Å²) in [6.45, 7) is 0. The lowest BCUT2D eigenvalue weighted by Gasteiger charge is -2.56. The van der Waals surface area contributed by atoms with E-state index in [1.165, 1.54) is 38.5 Å². The van der Waals surface area contributed by atoms with E-state index in [0.717, 1.165) is 23.4 Å². The van der Waals surface area contributed by atoms with Gasteiger partial charge in [0, 0.05) is 17.8 Å². The quantitative estimate of drug-likeness (QED) is 0.918. The van der Waals surface area contributed by atoms with Crippen molar-refractivity contribution in [2.75, 3.05) is 0 Å². The Balaban J connectivity index is 1.75. The third-order valence-electron chi connectivity index (χ3n) is 5.63. The predicted octanol–water partition coefficient (Wildman–Crippen LogP) is 2.57. The fourth-order valence-corrected chi connectivity index (χ4v) is 5.48. The van der Waals surface area contributed by atoms with E-state index in [4.69, 9.17) is 5.11 Å². The minimum absolute atomic E-state index is 0.00488. The Morgan fingerprint density at radius 3 is 2.20 bits per heavy atom. The summed E-state index contributed by atoms with van der Waals surface area (Å²) in [5.74, 6) is 1.69. The molecule has 0 amide bonds. The number of nitrogens with zero attached hydrogens (tertiary/aromatic N) is 2. The van der Waals surface area contributed by atoms with Crippen molar-refractivity contribution in [3.63, 3.8) is 0 Å². The lowest BCUT2D eigenvalue weighted by molar-refractivity contribution is -0.136. The summed E-state index contributed by atoms with van der Waals surface area (Å²) in [4.78, 5) is 20.0. The van der Waals surface area contributed by atoms with Crippen molar-refractivity contribution in [2.45, 2.75) is 50.4 Å². The van der Waals surface area contributed by atoms with Crippen LogP contribution in [0.5, 0.6) is 0 Å². The SMILES string of the molecule is O=C(O)Cc1nccnc1C12CC3CC(CC(C3)C1)C2. The van der Waals surface area contributed by atoms with Gasteiger partial charge in [-0.3, -0.25) is 14.8 Å². The van der Waals surface area contributed by atoms with E-state index < -0.39 is 5.97 Å². The standard InChI is InChI=1S/C16H20N2O2/c19-14(20)6-13-15(18-2-1-17-13)16-7-10-3-11(8-16)5-12(4-10)9-16/h1-2,10-12H,3-9H2,(H,19,20). The Labute approximate surface area is 118 Å². The van der Waals surface area contributed by atoms with Crippen LogP contribution in [0.1, 0.15) is 49.9 Å². The zero-order chi connectivity index (χ0) is 13.7. The molecule has 4 bridgehead atoms. The fraction of sp³-hybridized carbons (Fsp3) is 0.688. The van der Waals surface area contributed by atoms with Crippen molar-refractivity contribution >= 4 is 5.97 Å². The highest BCUT2D eigenvalue weighted by molar-refractivity contribution is 5.70. The van der Waals surface area contributed by atoms with E-state index in [2.05, 4.69) is 9.97 Å². The molecule has 4 fully saturated rings. The van der Waals surface area contributed by atoms with Crippen molar-refractivity contribution in [3.8, 4) is 0 Å². The van der Waals surface area contributed by atoms with Crippen LogP contribution in [0.15, 0.2) is 12.4 Å². The normalized spacial score (nSPS) is 38.1. The molecule has 0 saturated heterocycles. The fourth-order valence-electron chi connectivity index (χ4n) is 5.48. The molecule has 4 aliphatic carbocycles. The van der Waals surface area contributed by atoms with E-state index in [0.29, 0.717) is 5.69 Å². The minimum Gasteiger partial charge on any atom is -0.481 e. The Morgan fingerprint density at radius 1 is 1.10 bits per heavy atom. The third-order valence-corrected chi connectivity index (χ3v) is 5.63. The topological polar surface area (TPSA) is 63.1 Å². The van der Waals surface area contributed by atoms with Gasteiger partial charge in [-0.2, -0.15) is 0 Å². The monoisotopic (exact) mass is 272 g/mol. The van der Waals surface area contributed by atoms with Gasteiger partial charge in [0.25, 0.3) is 0 Å². The highest BCUT2D eigenvalue weighted by atomic mass is 16.4. The van der Waals surface area contributed by atoms with Gasteiger partial charge < -0.3 is 5.11 Å². The maximum Gasteiger partial charge on any atom is 0.309 e. The summed E-state index contributed by atoms with van der Waals surface area (Å²) in [6.07, 6.45) is 11.1. The molecule has 5 rings (SSSR count). The number of rotatable bonds is 3. The van der Waals surface area contributed by atoms with Gasteiger partial charge in [0.05, 0.1) is 17.8 Å². The summed E-state index contributed by atoms with van der Waals surface area (Å²) >= 11 is 0. The van der Waals surface area contributed by atoms with Crippen LogP contribution in [0, 0.1) is 17.8 Å². The van der Waals surface area contributed by atoms with Gasteiger partial charge in [-0.1, -0.05) is 0 Å². The molecule has 1 N–H and O–H groups in total. The maximum atomic E-state index is 11.1. The molecule has 20 heavy (non-hydrogen) atoms. The Morgan fingerprint density at radius 2 is 1.65 bits per heavy atom. The number of aromatic nitrogens is 2. The predicted molar refractivity (Wildman–Crippen MR) is 73.2 cm³/mol. The Hall–Kier alpha value is -1.45. The molecule has 4 nitrogen and oxygen atoms in total. The van der Waals surface area contributed by atoms with E-state index >= 15 is 0 Å². The highest BCUT2D eigenvalue weighted by Crippen LogP contribution is 2.60. The number of carbonyl (C=O) groups is 1. The molecular formula is C16H20N2O2. The van der Waals surface area contributed by atoms with Crippen molar-refractivity contribution in [3.05, 3.63) is 23.8 Å². The molecule has 0 aliphatic heterocycles. The molecular weight excluding hydrogens is 252 g/mol. The number of carboxylic acids is 1. The smallest absolute Gasteiger partial charge is 0.309 e. The molecule has 0 spiro atoms. The van der Waals surface area contributed by atoms with E-state index in [-0.39, 0.29) is 11.8 Å². The van der Waals surface area contributed by atoms with Gasteiger partial charge in [-0.05, 0) is 56.3 Å². The molecule has 0 atom stereocenters. The molecule has 4 aliphatic rings. The molecule has 1 heterocycles. The molecule has 1 aromatic heterocycles. The second-order valence-corrected chi connectivity index (χ2v) is 7.12. The lowest BCUT2D eigenvalue weighted by Crippen LogP contribution is -2.49. The van der Waals surface area contributed by atoms with Crippen LogP contribution in [0.3, 0.4) is 0 Å². The minimum atomic E-state index is -0.809. The second-order valence-electron chi connectivity index (χ2n) is 7.12. The van der Waals surface area contributed by atoms with Crippen LogP contribution in [0.4, 0.5) is 0 Å². The van der Waals surface area contributed by atoms with E-state index in [1.807, 2.05) is 0 Å². The van der Waals surface area contributed by atoms with Crippen LogP contribution in [0.25, 0.3) is 0 Å². The van der Waals surface area contributed by atoms with Crippen molar-refractivity contribution in [2.24, 2.45) is 17.8 Å². The molecule has 4 saturated carbocycles. The number of aliphatic carboxylic acids is 1. The van der Waals surface area contributed by atoms with Crippen molar-refractivity contribution < 1.29 is 9.90 Å². The second kappa shape index (κ2) is 4.27. The van der Waals surface area contributed by atoms with E-state index in [9.17, 15) is 4.79 Å². The Bertz CT molecular complexity index is 520. The van der Waals surface area contributed by atoms with Gasteiger partial charge >= 0.3 is 5.97 Å². The zero-order valence-corrected chi connectivity index (χ0v) is 11.6. The first-order chi connectivity index (χ1) is 9.64. The van der Waals surface area contributed by atoms with Gasteiger partial charge in [0.2, 0.25) is 0 Å². The first kappa shape index (κ1) is 12.3. The summed E-state index contributed by atoms with van der Waals surface area (Å²) < 4.78 is 0. The molecule has 0 aromatic carbocycles. The number of hydrogen-bond donors (Lipinski definition) is 1. The van der Waals surface area contributed by atoms with Crippen LogP contribution >= 0.6 is 0 Å². The highest BCUT2D eigenvalue weighted by Gasteiger charge is 2.53. The first-order valence-electron chi connectivity index (χ1n) is 7.67. The van der Waals surface area contributed by atoms with Crippen LogP contribution < -0.4 is 0 Å². The van der Waals surface area contributed by atoms with Crippen molar-refractivity contribution in [1.29, 1.82) is 0 Å². The van der Waals surface area contributed by atoms with Crippen molar-refractivity contribution in [1.82, 2.24) is 9.97 Å². The molecule has 0 radical (unpaired) electrons. The average molecular weight is 272 g/mol. The van der Waals surface area contributed by atoms with Gasteiger partial charge in [-0.25, -0.2) is 0 Å². The number of hydrogen-bond acceptors (Lipinski definition) is 3. The molecule has 0 unspecified atom stereocenters. The van der Waals surface area contributed by atoms with Gasteiger partial charge in [-0.15, -0.1) is 0 Å². The molecule has 4 heteroatoms. The summed E-state index contributed by atoms with van der Waals surface area (Å²) in [6, 6.07) is 0. The maximum absolute atomic E-state index is 11.1. The zero-order valence-electron chi connectivity index (χ0n) is 11.6. The molecule has 1 aromatic rings. The third kappa shape index (κ3) is 1.85. The lowest BCUT2D eigenvalue weighted by atomic mass is 9.48. The summed E-state index contributed by atoms with van der Waals surface area (Å²) in [7, 11) is 0. The largest absolute Gasteiger partial charge is 0.481 e.